The summed E-state index contributed by atoms with van der Waals surface area (Å²) < 4.78 is 26.5. The van der Waals surface area contributed by atoms with E-state index < -0.39 is 17.5 Å². The Balaban J connectivity index is 1.49. The highest BCUT2D eigenvalue weighted by Crippen LogP contribution is 2.53. The van der Waals surface area contributed by atoms with Crippen molar-refractivity contribution in [2.24, 2.45) is 17.8 Å². The lowest BCUT2D eigenvalue weighted by atomic mass is 10.1. The molecule has 1 aromatic carbocycles. The number of H-pyrrole nitrogens is 1. The summed E-state index contributed by atoms with van der Waals surface area (Å²) in [6.45, 7) is 11.1. The van der Waals surface area contributed by atoms with Gasteiger partial charge in [0.25, 0.3) is 0 Å². The van der Waals surface area contributed by atoms with Gasteiger partial charge in [-0.05, 0) is 57.6 Å². The molecule has 2 fully saturated rings. The van der Waals surface area contributed by atoms with Gasteiger partial charge in [-0.3, -0.25) is 4.90 Å². The smallest absolute Gasteiger partial charge is 0.414 e. The number of anilines is 2. The largest absolute Gasteiger partial charge is 0.443 e. The molecule has 4 heterocycles. The molecule has 10 nitrogen and oxygen atoms in total. The van der Waals surface area contributed by atoms with Crippen molar-refractivity contribution in [3.05, 3.63) is 36.2 Å². The van der Waals surface area contributed by atoms with Crippen molar-refractivity contribution in [3.63, 3.8) is 0 Å². The Morgan fingerprint density at radius 2 is 1.84 bits per heavy atom. The zero-order valence-corrected chi connectivity index (χ0v) is 22.2. The van der Waals surface area contributed by atoms with Crippen LogP contribution in [-0.4, -0.2) is 56.8 Å². The number of rotatable bonds is 4. The molecule has 1 saturated heterocycles. The minimum absolute atomic E-state index is 0.127. The van der Waals surface area contributed by atoms with Gasteiger partial charge in [-0.15, -0.1) is 0 Å². The number of carbonyl (C=O) groups is 1. The quantitative estimate of drug-likeness (QED) is 0.391. The molecule has 1 saturated carbocycles. The molecule has 3 aromatic heterocycles. The maximum Gasteiger partial charge on any atom is 0.414 e. The normalized spacial score (nSPS) is 20.6. The van der Waals surface area contributed by atoms with Gasteiger partial charge in [0.05, 0.1) is 29.0 Å². The molecule has 0 bridgehead atoms. The highest BCUT2D eigenvalue weighted by molar-refractivity contribution is 6.16. The van der Waals surface area contributed by atoms with Crippen LogP contribution in [0.3, 0.4) is 0 Å². The molecule has 198 valence electrons. The molecule has 3 atom stereocenters. The van der Waals surface area contributed by atoms with Crippen LogP contribution in [0.25, 0.3) is 21.9 Å². The average Bonchev–Trinajstić information content (AvgIpc) is 3.18. The molecule has 1 aliphatic carbocycles. The molecule has 11 heteroatoms. The SMILES string of the molecule is Cc1ncc(Oc2nc(N3C[C@@H]4[C@@H](C)[C@@H]4C3)c3c(n2)[nH]c2c(N(C)C(=O)OC(C)(C)C)cc(F)cc23)cn1. The van der Waals surface area contributed by atoms with Gasteiger partial charge in [0.15, 0.2) is 5.75 Å². The minimum atomic E-state index is -0.698. The van der Waals surface area contributed by atoms with Crippen molar-refractivity contribution in [3.8, 4) is 11.8 Å². The van der Waals surface area contributed by atoms with E-state index in [0.29, 0.717) is 62.8 Å². The first kappa shape index (κ1) is 24.3. The van der Waals surface area contributed by atoms with Crippen LogP contribution in [0.1, 0.15) is 33.5 Å². The van der Waals surface area contributed by atoms with Gasteiger partial charge in [-0.1, -0.05) is 6.92 Å². The van der Waals surface area contributed by atoms with E-state index >= 15 is 4.39 Å². The van der Waals surface area contributed by atoms with Crippen molar-refractivity contribution in [2.45, 2.75) is 40.2 Å². The number of aromatic amines is 1. The van der Waals surface area contributed by atoms with Crippen LogP contribution < -0.4 is 14.5 Å². The number of nitrogens with zero attached hydrogens (tertiary/aromatic N) is 6. The summed E-state index contributed by atoms with van der Waals surface area (Å²) >= 11 is 0. The third-order valence-corrected chi connectivity index (χ3v) is 7.38. The maximum atomic E-state index is 15.0. The van der Waals surface area contributed by atoms with Crippen molar-refractivity contribution in [1.82, 2.24) is 24.9 Å². The summed E-state index contributed by atoms with van der Waals surface area (Å²) in [5.41, 5.74) is 0.673. The van der Waals surface area contributed by atoms with Crippen LogP contribution in [0.15, 0.2) is 24.5 Å². The Morgan fingerprint density at radius 1 is 1.16 bits per heavy atom. The van der Waals surface area contributed by atoms with E-state index in [1.807, 2.05) is 0 Å². The van der Waals surface area contributed by atoms with Crippen LogP contribution in [-0.2, 0) is 4.74 Å². The summed E-state index contributed by atoms with van der Waals surface area (Å²) in [4.78, 5) is 37.4. The summed E-state index contributed by atoms with van der Waals surface area (Å²) in [6.07, 6.45) is 2.54. The lowest BCUT2D eigenvalue weighted by Crippen LogP contribution is -2.34. The first-order chi connectivity index (χ1) is 18.0. The van der Waals surface area contributed by atoms with E-state index in [4.69, 9.17) is 14.5 Å². The number of benzene rings is 1. The van der Waals surface area contributed by atoms with Gasteiger partial charge in [0.1, 0.15) is 28.7 Å². The number of ether oxygens (including phenoxy) is 2. The third-order valence-electron chi connectivity index (χ3n) is 7.38. The average molecular weight is 520 g/mol. The number of hydrogen-bond acceptors (Lipinski definition) is 8. The van der Waals surface area contributed by atoms with Gasteiger partial charge in [-0.2, -0.15) is 9.97 Å². The summed E-state index contributed by atoms with van der Waals surface area (Å²) in [7, 11) is 1.56. The fraction of sp³-hybridized carbons (Fsp3) is 0.444. The Morgan fingerprint density at radius 3 is 2.50 bits per heavy atom. The highest BCUT2D eigenvalue weighted by atomic mass is 19.1. The van der Waals surface area contributed by atoms with Crippen LogP contribution in [0.5, 0.6) is 11.8 Å². The Bertz CT molecular complexity index is 1550. The molecule has 0 radical (unpaired) electrons. The molecule has 0 unspecified atom stereocenters. The van der Waals surface area contributed by atoms with Crippen molar-refractivity contribution >= 4 is 39.5 Å². The number of hydrogen-bond donors (Lipinski definition) is 1. The number of piperidine rings is 1. The summed E-state index contributed by atoms with van der Waals surface area (Å²) in [6, 6.07) is 2.88. The maximum absolute atomic E-state index is 15.0. The van der Waals surface area contributed by atoms with Crippen molar-refractivity contribution in [1.29, 1.82) is 0 Å². The van der Waals surface area contributed by atoms with E-state index in [0.717, 1.165) is 13.1 Å². The second kappa shape index (κ2) is 8.50. The number of fused-ring (bicyclic) bond motifs is 4. The zero-order chi connectivity index (χ0) is 26.9. The van der Waals surface area contributed by atoms with Crippen LogP contribution in [0.4, 0.5) is 20.7 Å². The molecule has 38 heavy (non-hydrogen) atoms. The first-order valence-electron chi connectivity index (χ1n) is 12.7. The predicted octanol–water partition coefficient (Wildman–Crippen LogP) is 5.21. The van der Waals surface area contributed by atoms with Gasteiger partial charge >= 0.3 is 12.1 Å². The molecule has 1 amide bonds. The number of carbonyl (C=O) groups excluding carboxylic acids is 1. The van der Waals surface area contributed by atoms with E-state index in [1.54, 1.807) is 47.1 Å². The van der Waals surface area contributed by atoms with Gasteiger partial charge in [-0.25, -0.2) is 19.2 Å². The molecular formula is C27H30FN7O3. The lowest BCUT2D eigenvalue weighted by molar-refractivity contribution is 0.0589. The second-order valence-corrected chi connectivity index (χ2v) is 11.2. The topological polar surface area (TPSA) is 109 Å². The summed E-state index contributed by atoms with van der Waals surface area (Å²) in [5.74, 6) is 3.14. The number of aryl methyl sites for hydroxylation is 1. The van der Waals surface area contributed by atoms with E-state index in [1.165, 1.54) is 17.0 Å². The highest BCUT2D eigenvalue weighted by Gasteiger charge is 2.53. The Kier molecular flexibility index (Phi) is 5.44. The lowest BCUT2D eigenvalue weighted by Gasteiger charge is -2.25. The van der Waals surface area contributed by atoms with E-state index in [-0.39, 0.29) is 6.01 Å². The van der Waals surface area contributed by atoms with Crippen LogP contribution in [0, 0.1) is 30.5 Å². The fourth-order valence-electron chi connectivity index (χ4n) is 5.31. The standard InChI is InChI=1S/C27H30FN7O3/c1-13-18-11-35(12-19(13)18)24-21-17-7-15(28)8-20(34(6)26(36)38-27(3,4)5)22(17)31-23(21)32-25(33-24)37-16-9-29-14(2)30-10-16/h7-10,13,18-19H,11-12H2,1-6H3,(H,31,32,33)/t13-,18-,19+. The molecule has 0 spiro atoms. The molecule has 1 aliphatic heterocycles. The van der Waals surface area contributed by atoms with Crippen LogP contribution >= 0.6 is 0 Å². The number of nitrogens with one attached hydrogen (secondary N) is 1. The predicted molar refractivity (Wildman–Crippen MR) is 141 cm³/mol. The fourth-order valence-corrected chi connectivity index (χ4v) is 5.31. The molecule has 4 aromatic rings. The molecule has 2 aliphatic rings. The van der Waals surface area contributed by atoms with Gasteiger partial charge in [0, 0.05) is 25.5 Å². The first-order valence-corrected chi connectivity index (χ1v) is 12.7. The monoisotopic (exact) mass is 519 g/mol. The summed E-state index contributed by atoms with van der Waals surface area (Å²) in [5, 5.41) is 1.26. The molecule has 1 N–H and O–H groups in total. The molecular weight excluding hydrogens is 489 g/mol. The van der Waals surface area contributed by atoms with Crippen molar-refractivity contribution < 1.29 is 18.7 Å². The Labute approximate surface area is 219 Å². The van der Waals surface area contributed by atoms with Gasteiger partial charge < -0.3 is 19.4 Å². The van der Waals surface area contributed by atoms with E-state index in [2.05, 4.69) is 31.8 Å². The van der Waals surface area contributed by atoms with E-state index in [9.17, 15) is 4.79 Å². The Hall–Kier alpha value is -4.02. The van der Waals surface area contributed by atoms with Crippen LogP contribution in [0.2, 0.25) is 0 Å². The molecule has 6 rings (SSSR count). The second-order valence-electron chi connectivity index (χ2n) is 11.2. The number of aromatic nitrogens is 5. The van der Waals surface area contributed by atoms with Gasteiger partial charge in [0.2, 0.25) is 0 Å². The van der Waals surface area contributed by atoms with Crippen molar-refractivity contribution in [2.75, 3.05) is 29.9 Å². The minimum Gasteiger partial charge on any atom is -0.443 e. The number of amides is 1. The number of halogens is 1. The third kappa shape index (κ3) is 4.25. The zero-order valence-electron chi connectivity index (χ0n) is 22.2.